The van der Waals surface area contributed by atoms with Gasteiger partial charge in [-0.2, -0.15) is 0 Å². The van der Waals surface area contributed by atoms with Crippen LogP contribution in [0, 0.1) is 63.6 Å². The van der Waals surface area contributed by atoms with Crippen molar-refractivity contribution < 1.29 is 0 Å². The molecule has 6 fully saturated rings. The fourth-order valence-electron chi connectivity index (χ4n) is 11.2. The van der Waals surface area contributed by atoms with Crippen LogP contribution >= 0.6 is 0 Å². The van der Waals surface area contributed by atoms with Crippen molar-refractivity contribution >= 4 is 0 Å². The molecule has 0 nitrogen and oxygen atoms in total. The summed E-state index contributed by atoms with van der Waals surface area (Å²) in [6.45, 7) is 15.4. The van der Waals surface area contributed by atoms with E-state index >= 15 is 0 Å². The van der Waals surface area contributed by atoms with Crippen molar-refractivity contribution in [2.24, 2.45) is 63.6 Å². The molecule has 10 atom stereocenters. The summed E-state index contributed by atoms with van der Waals surface area (Å²) < 4.78 is 0. The van der Waals surface area contributed by atoms with Gasteiger partial charge >= 0.3 is 0 Å². The van der Waals surface area contributed by atoms with Crippen LogP contribution in [-0.2, 0) is 0 Å². The Bertz CT molecular complexity index is 686. The molecule has 0 N–H and O–H groups in total. The molecule has 6 aliphatic rings. The zero-order valence-corrected chi connectivity index (χ0v) is 19.1. The minimum atomic E-state index is 0.601. The second-order valence-corrected chi connectivity index (χ2v) is 13.7. The quantitative estimate of drug-likeness (QED) is 0.375. The Balaban J connectivity index is 1.40. The lowest BCUT2D eigenvalue weighted by molar-refractivity contribution is -0.188. The summed E-state index contributed by atoms with van der Waals surface area (Å²) in [4.78, 5) is 0. The van der Waals surface area contributed by atoms with Crippen LogP contribution in [-0.4, -0.2) is 0 Å². The van der Waals surface area contributed by atoms with E-state index in [0.29, 0.717) is 16.2 Å². The van der Waals surface area contributed by atoms with Crippen molar-refractivity contribution in [3.8, 4) is 0 Å². The maximum atomic E-state index is 4.69. The van der Waals surface area contributed by atoms with E-state index in [2.05, 4.69) is 27.7 Å². The van der Waals surface area contributed by atoms with E-state index in [-0.39, 0.29) is 0 Å². The van der Waals surface area contributed by atoms with E-state index in [1.165, 1.54) is 38.5 Å². The van der Waals surface area contributed by atoms with Gasteiger partial charge in [0.2, 0.25) is 0 Å². The molecule has 0 aromatic heterocycles. The molecule has 156 valence electrons. The summed E-state index contributed by atoms with van der Waals surface area (Å²) in [7, 11) is 0. The lowest BCUT2D eigenvalue weighted by Gasteiger charge is -2.68. The number of hydrogen-bond acceptors (Lipinski definition) is 0. The summed E-state index contributed by atoms with van der Waals surface area (Å²) in [6, 6.07) is 0. The molecule has 6 aliphatic carbocycles. The van der Waals surface area contributed by atoms with Gasteiger partial charge in [-0.1, -0.05) is 46.3 Å². The number of allylic oxidation sites excluding steroid dienone is 1. The number of fused-ring (bicyclic) bond motifs is 4. The van der Waals surface area contributed by atoms with Crippen LogP contribution in [0.1, 0.15) is 98.3 Å². The minimum Gasteiger partial charge on any atom is -0.0996 e. The molecule has 0 radical (unpaired) electrons. The van der Waals surface area contributed by atoms with E-state index in [9.17, 15) is 0 Å². The third-order valence-corrected chi connectivity index (χ3v) is 12.4. The van der Waals surface area contributed by atoms with Crippen LogP contribution in [0.3, 0.4) is 0 Å². The standard InChI is InChI=1S/C28H44/c1-17-15-18-16-21-20-7-6-11-26(2,3)22(20)8-9-23(21)28(5)14-13-27(4)12-10-19(17)25(27)24(18)28/h18-25H,1,6-16H2,2-5H3. The van der Waals surface area contributed by atoms with Crippen LogP contribution < -0.4 is 0 Å². The molecule has 0 saturated heterocycles. The van der Waals surface area contributed by atoms with Crippen molar-refractivity contribution in [2.75, 3.05) is 0 Å². The van der Waals surface area contributed by atoms with Crippen molar-refractivity contribution in [3.05, 3.63) is 12.2 Å². The largest absolute Gasteiger partial charge is 0.0996 e. The van der Waals surface area contributed by atoms with Gasteiger partial charge < -0.3 is 0 Å². The highest BCUT2D eigenvalue weighted by atomic mass is 14.7. The van der Waals surface area contributed by atoms with Gasteiger partial charge in [0.25, 0.3) is 0 Å². The third-order valence-electron chi connectivity index (χ3n) is 12.4. The van der Waals surface area contributed by atoms with Crippen LogP contribution in [0.25, 0.3) is 0 Å². The fraction of sp³-hybridized carbons (Fsp3) is 0.929. The van der Waals surface area contributed by atoms with Crippen molar-refractivity contribution in [3.63, 3.8) is 0 Å². The molecule has 0 heterocycles. The Morgan fingerprint density at radius 2 is 1.57 bits per heavy atom. The average molecular weight is 381 g/mol. The Kier molecular flexibility index (Phi) is 3.77. The molecule has 0 aromatic rings. The first-order valence-corrected chi connectivity index (χ1v) is 12.9. The highest BCUT2D eigenvalue weighted by Gasteiger charge is 2.67. The Morgan fingerprint density at radius 3 is 2.39 bits per heavy atom. The molecule has 0 bridgehead atoms. The minimum absolute atomic E-state index is 0.601. The second-order valence-electron chi connectivity index (χ2n) is 13.7. The van der Waals surface area contributed by atoms with Gasteiger partial charge in [0.15, 0.2) is 0 Å². The van der Waals surface area contributed by atoms with Gasteiger partial charge in [-0.05, 0) is 128 Å². The molecular weight excluding hydrogens is 336 g/mol. The Hall–Kier alpha value is -0.260. The van der Waals surface area contributed by atoms with Gasteiger partial charge in [-0.25, -0.2) is 0 Å². The molecule has 0 aliphatic heterocycles. The monoisotopic (exact) mass is 380 g/mol. The van der Waals surface area contributed by atoms with Crippen LogP contribution in [0.15, 0.2) is 12.2 Å². The average Bonchev–Trinajstić information content (AvgIpc) is 2.99. The number of rotatable bonds is 0. The normalized spacial score (nSPS) is 59.2. The molecule has 6 saturated carbocycles. The maximum absolute atomic E-state index is 4.69. The predicted molar refractivity (Wildman–Crippen MR) is 118 cm³/mol. The van der Waals surface area contributed by atoms with Crippen LogP contribution in [0.5, 0.6) is 0 Å². The zero-order chi connectivity index (χ0) is 19.5. The molecule has 28 heavy (non-hydrogen) atoms. The first kappa shape index (κ1) is 18.5. The Morgan fingerprint density at radius 1 is 0.786 bits per heavy atom. The summed E-state index contributed by atoms with van der Waals surface area (Å²) in [5.41, 5.74) is 3.57. The summed E-state index contributed by atoms with van der Waals surface area (Å²) in [5, 5.41) is 0. The zero-order valence-electron chi connectivity index (χ0n) is 19.1. The predicted octanol–water partition coefficient (Wildman–Crippen LogP) is 7.88. The Labute approximate surface area is 174 Å². The second kappa shape index (κ2) is 5.70. The SMILES string of the molecule is C=C1CC2CC3C4CCCC(C)(C)C4CCC3C3(C)CCC4(C)CCC1C4C23. The van der Waals surface area contributed by atoms with Crippen LogP contribution in [0.2, 0.25) is 0 Å². The van der Waals surface area contributed by atoms with E-state index in [4.69, 9.17) is 6.58 Å². The van der Waals surface area contributed by atoms with Crippen LogP contribution in [0.4, 0.5) is 0 Å². The van der Waals surface area contributed by atoms with Gasteiger partial charge in [-0.15, -0.1) is 0 Å². The summed E-state index contributed by atoms with van der Waals surface area (Å²) >= 11 is 0. The highest BCUT2D eigenvalue weighted by molar-refractivity contribution is 5.23. The fourth-order valence-corrected chi connectivity index (χ4v) is 11.2. The molecule has 0 spiro atoms. The molecule has 0 heteroatoms. The smallest absolute Gasteiger partial charge is 0.0169 e. The highest BCUT2D eigenvalue weighted by Crippen LogP contribution is 2.74. The molecule has 10 unspecified atom stereocenters. The van der Waals surface area contributed by atoms with E-state index < -0.39 is 0 Å². The third kappa shape index (κ3) is 2.19. The lowest BCUT2D eigenvalue weighted by Crippen LogP contribution is -2.61. The molecule has 0 aromatic carbocycles. The summed E-state index contributed by atoms with van der Waals surface area (Å²) in [6.07, 6.45) is 16.6. The molecule has 0 amide bonds. The van der Waals surface area contributed by atoms with Crippen molar-refractivity contribution in [1.82, 2.24) is 0 Å². The first-order chi connectivity index (χ1) is 13.2. The maximum Gasteiger partial charge on any atom is -0.0169 e. The van der Waals surface area contributed by atoms with E-state index in [1.54, 1.807) is 37.7 Å². The lowest BCUT2D eigenvalue weighted by atomic mass is 9.36. The van der Waals surface area contributed by atoms with Gasteiger partial charge in [0.05, 0.1) is 0 Å². The first-order valence-electron chi connectivity index (χ1n) is 12.9. The van der Waals surface area contributed by atoms with Crippen molar-refractivity contribution in [1.29, 1.82) is 0 Å². The van der Waals surface area contributed by atoms with E-state index in [0.717, 1.165) is 47.3 Å². The molecular formula is C28H44. The van der Waals surface area contributed by atoms with Gasteiger partial charge in [-0.3, -0.25) is 0 Å². The van der Waals surface area contributed by atoms with Gasteiger partial charge in [0.1, 0.15) is 0 Å². The van der Waals surface area contributed by atoms with Crippen molar-refractivity contribution in [2.45, 2.75) is 98.3 Å². The summed E-state index contributed by atoms with van der Waals surface area (Å²) in [5.74, 6) is 8.01. The topological polar surface area (TPSA) is 0 Å². The van der Waals surface area contributed by atoms with E-state index in [1.807, 2.05) is 0 Å². The molecule has 6 rings (SSSR count). The van der Waals surface area contributed by atoms with Gasteiger partial charge in [0, 0.05) is 0 Å². The number of hydrogen-bond donors (Lipinski definition) is 0.